The van der Waals surface area contributed by atoms with E-state index >= 15 is 0 Å². The van der Waals surface area contributed by atoms with E-state index in [1.54, 1.807) is 0 Å². The van der Waals surface area contributed by atoms with Crippen LogP contribution in [-0.4, -0.2) is 15.0 Å². The first-order chi connectivity index (χ1) is 32.1. The average Bonchev–Trinajstić information content (AvgIpc) is 4.05. The van der Waals surface area contributed by atoms with Crippen LogP contribution in [0.5, 0.6) is 0 Å². The summed E-state index contributed by atoms with van der Waals surface area (Å²) in [6, 6.07) is 56.7. The molecule has 0 N–H and O–H groups in total. The van der Waals surface area contributed by atoms with Crippen LogP contribution in [-0.2, 0) is 5.41 Å². The predicted octanol–water partition coefficient (Wildman–Crippen LogP) is 16.3. The van der Waals surface area contributed by atoms with Crippen molar-refractivity contribution < 1.29 is 8.83 Å². The zero-order valence-corrected chi connectivity index (χ0v) is 36.4. The van der Waals surface area contributed by atoms with Crippen LogP contribution in [0.15, 0.2) is 167 Å². The molecule has 0 spiro atoms. The summed E-state index contributed by atoms with van der Waals surface area (Å²) in [5.74, 6) is 4.40. The van der Waals surface area contributed by atoms with Gasteiger partial charge in [-0.15, -0.1) is 11.3 Å². The molecule has 8 aromatic carbocycles. The number of para-hydroxylation sites is 2. The van der Waals surface area contributed by atoms with Crippen molar-refractivity contribution >= 4 is 86.2 Å². The lowest BCUT2D eigenvalue weighted by atomic mass is 9.48. The third kappa shape index (κ3) is 5.47. The molecule has 4 bridgehead atoms. The standard InChI is InChI=1S/C59H41N3O2S/c1-2-9-41-37(8-1)18-22-45-44-12-7-13-46(54(44)64-53(41)45)57-60-56(38-19-23-52-47(27-38)43-11-4-6-15-51(43)65-52)61-58(62-57)49-29-39(28-48-42-10-3-5-14-50(42)63-55(48)49)36-16-20-40(21-17-36)59-30-33-24-34(31-59)26-35(25-33)32-59/h1-23,27-29,33-35H,24-26,30-32H2. The molecule has 0 amide bonds. The number of hydrogen-bond donors (Lipinski definition) is 0. The van der Waals surface area contributed by atoms with Gasteiger partial charge in [0.25, 0.3) is 0 Å². The van der Waals surface area contributed by atoms with Crippen LogP contribution in [0, 0.1) is 17.8 Å². The summed E-state index contributed by atoms with van der Waals surface area (Å²) in [4.78, 5) is 16.2. The molecule has 4 aromatic heterocycles. The van der Waals surface area contributed by atoms with E-state index in [0.29, 0.717) is 22.9 Å². The summed E-state index contributed by atoms with van der Waals surface area (Å²) in [7, 11) is 0. The third-order valence-electron chi connectivity index (χ3n) is 15.5. The molecule has 4 saturated carbocycles. The van der Waals surface area contributed by atoms with E-state index in [2.05, 4.69) is 152 Å². The molecule has 4 aliphatic rings. The Hall–Kier alpha value is -7.15. The summed E-state index contributed by atoms with van der Waals surface area (Å²) < 4.78 is 16.2. The minimum atomic E-state index is 0.342. The first-order valence-corrected chi connectivity index (χ1v) is 24.0. The number of hydrogen-bond acceptors (Lipinski definition) is 6. The fourth-order valence-electron chi connectivity index (χ4n) is 13.0. The first kappa shape index (κ1) is 36.2. The maximum atomic E-state index is 6.89. The fourth-order valence-corrected chi connectivity index (χ4v) is 14.0. The van der Waals surface area contributed by atoms with Crippen LogP contribution < -0.4 is 0 Å². The SMILES string of the molecule is c1ccc2c(c1)ccc1c3cccc(-c4nc(-c5ccc6sc7ccccc7c6c5)nc(-c5cc(-c6ccc(C78CC9CC(CC(C9)C7)C8)cc6)cc6c5oc5ccccc56)n4)c3oc21. The van der Waals surface area contributed by atoms with E-state index < -0.39 is 0 Å². The highest BCUT2D eigenvalue weighted by atomic mass is 32.1. The minimum absolute atomic E-state index is 0.342. The highest BCUT2D eigenvalue weighted by Gasteiger charge is 2.51. The average molecular weight is 856 g/mol. The fraction of sp³-hybridized carbons (Fsp3) is 0.169. The molecule has 16 rings (SSSR count). The molecular weight excluding hydrogens is 815 g/mol. The molecule has 4 aliphatic carbocycles. The maximum Gasteiger partial charge on any atom is 0.167 e. The highest BCUT2D eigenvalue weighted by Crippen LogP contribution is 2.61. The second-order valence-electron chi connectivity index (χ2n) is 19.3. The van der Waals surface area contributed by atoms with Crippen molar-refractivity contribution in [2.75, 3.05) is 0 Å². The third-order valence-corrected chi connectivity index (χ3v) is 16.6. The molecule has 4 fully saturated rings. The van der Waals surface area contributed by atoms with Crippen molar-refractivity contribution in [3.8, 4) is 45.3 Å². The number of thiophene rings is 1. The van der Waals surface area contributed by atoms with Gasteiger partial charge in [0.05, 0.1) is 11.1 Å². The Morgan fingerprint density at radius 3 is 1.88 bits per heavy atom. The molecule has 0 saturated heterocycles. The Morgan fingerprint density at radius 1 is 0.415 bits per heavy atom. The molecule has 0 unspecified atom stereocenters. The minimum Gasteiger partial charge on any atom is -0.455 e. The van der Waals surface area contributed by atoms with Gasteiger partial charge in [-0.05, 0) is 138 Å². The predicted molar refractivity (Wildman–Crippen MR) is 266 cm³/mol. The van der Waals surface area contributed by atoms with Crippen molar-refractivity contribution in [2.45, 2.75) is 43.9 Å². The van der Waals surface area contributed by atoms with Gasteiger partial charge in [0.1, 0.15) is 22.3 Å². The van der Waals surface area contributed by atoms with Gasteiger partial charge >= 0.3 is 0 Å². The monoisotopic (exact) mass is 855 g/mol. The molecule has 5 nitrogen and oxygen atoms in total. The summed E-state index contributed by atoms with van der Waals surface area (Å²) in [6.45, 7) is 0. The Balaban J connectivity index is 0.954. The Bertz CT molecular complexity index is 3910. The Kier molecular flexibility index (Phi) is 7.49. The molecule has 0 atom stereocenters. The van der Waals surface area contributed by atoms with E-state index in [9.17, 15) is 0 Å². The van der Waals surface area contributed by atoms with E-state index in [1.165, 1.54) is 69.8 Å². The summed E-state index contributed by atoms with van der Waals surface area (Å²) in [6.07, 6.45) is 8.41. The molecular formula is C59H41N3O2S. The molecule has 65 heavy (non-hydrogen) atoms. The largest absolute Gasteiger partial charge is 0.455 e. The van der Waals surface area contributed by atoms with Gasteiger partial charge in [-0.25, -0.2) is 15.0 Å². The molecule has 310 valence electrons. The summed E-state index contributed by atoms with van der Waals surface area (Å²) >= 11 is 1.81. The second-order valence-corrected chi connectivity index (χ2v) is 20.4. The zero-order valence-electron chi connectivity index (χ0n) is 35.6. The van der Waals surface area contributed by atoms with Gasteiger partial charge in [-0.3, -0.25) is 0 Å². The van der Waals surface area contributed by atoms with Gasteiger partial charge in [0.15, 0.2) is 17.5 Å². The van der Waals surface area contributed by atoms with Crippen LogP contribution in [0.1, 0.15) is 44.1 Å². The van der Waals surface area contributed by atoms with Crippen molar-refractivity contribution in [3.05, 3.63) is 163 Å². The van der Waals surface area contributed by atoms with Crippen LogP contribution in [0.3, 0.4) is 0 Å². The number of fused-ring (bicyclic) bond motifs is 11. The lowest BCUT2D eigenvalue weighted by molar-refractivity contribution is -0.00518. The zero-order chi connectivity index (χ0) is 42.4. The van der Waals surface area contributed by atoms with Crippen molar-refractivity contribution in [2.24, 2.45) is 17.8 Å². The first-order valence-electron chi connectivity index (χ1n) is 23.2. The topological polar surface area (TPSA) is 65.0 Å². The van der Waals surface area contributed by atoms with Crippen LogP contribution >= 0.6 is 11.3 Å². The van der Waals surface area contributed by atoms with Gasteiger partial charge in [0, 0.05) is 52.7 Å². The molecule has 6 heteroatoms. The lowest BCUT2D eigenvalue weighted by Crippen LogP contribution is -2.48. The lowest BCUT2D eigenvalue weighted by Gasteiger charge is -2.57. The van der Waals surface area contributed by atoms with E-state index in [-0.39, 0.29) is 0 Å². The Morgan fingerprint density at radius 2 is 1.05 bits per heavy atom. The van der Waals surface area contributed by atoms with Gasteiger partial charge in [-0.2, -0.15) is 0 Å². The number of rotatable bonds is 5. The number of aromatic nitrogens is 3. The molecule has 4 heterocycles. The number of furan rings is 2. The van der Waals surface area contributed by atoms with Crippen molar-refractivity contribution in [1.82, 2.24) is 15.0 Å². The molecule has 0 radical (unpaired) electrons. The molecule has 0 aliphatic heterocycles. The molecule has 12 aromatic rings. The number of benzene rings is 8. The maximum absolute atomic E-state index is 6.89. The highest BCUT2D eigenvalue weighted by molar-refractivity contribution is 7.25. The van der Waals surface area contributed by atoms with Crippen LogP contribution in [0.2, 0.25) is 0 Å². The normalized spacial score (nSPS) is 20.5. The van der Waals surface area contributed by atoms with E-state index in [0.717, 1.165) is 94.7 Å². The van der Waals surface area contributed by atoms with Gasteiger partial charge < -0.3 is 8.83 Å². The summed E-state index contributed by atoms with van der Waals surface area (Å²) in [5, 5.41) is 8.84. The van der Waals surface area contributed by atoms with E-state index in [1.807, 2.05) is 17.4 Å². The van der Waals surface area contributed by atoms with Gasteiger partial charge in [-0.1, -0.05) is 103 Å². The smallest absolute Gasteiger partial charge is 0.167 e. The quantitative estimate of drug-likeness (QED) is 0.173. The van der Waals surface area contributed by atoms with Gasteiger partial charge in [0.2, 0.25) is 0 Å². The van der Waals surface area contributed by atoms with Crippen molar-refractivity contribution in [3.63, 3.8) is 0 Å². The van der Waals surface area contributed by atoms with E-state index in [4.69, 9.17) is 23.8 Å². The van der Waals surface area contributed by atoms with Crippen molar-refractivity contribution in [1.29, 1.82) is 0 Å². The summed E-state index contributed by atoms with van der Waals surface area (Å²) in [5.41, 5.74) is 9.93. The van der Waals surface area contributed by atoms with Crippen LogP contribution in [0.25, 0.3) is 120 Å². The number of nitrogens with zero attached hydrogens (tertiary/aromatic N) is 3. The Labute approximate surface area is 378 Å². The second kappa shape index (κ2) is 13.4. The van der Waals surface area contributed by atoms with Crippen LogP contribution in [0.4, 0.5) is 0 Å².